The molecule has 1 amide bonds. The van der Waals surface area contributed by atoms with Crippen molar-refractivity contribution in [2.45, 2.75) is 13.5 Å². The highest BCUT2D eigenvalue weighted by Gasteiger charge is 2.47. The van der Waals surface area contributed by atoms with Gasteiger partial charge in [-0.05, 0) is 13.0 Å². The zero-order valence-electron chi connectivity index (χ0n) is 13.4. The summed E-state index contributed by atoms with van der Waals surface area (Å²) >= 11 is 1.08. The number of halogens is 1. The first-order valence-corrected chi connectivity index (χ1v) is 8.43. The van der Waals surface area contributed by atoms with E-state index in [1.807, 2.05) is 6.92 Å². The van der Waals surface area contributed by atoms with Crippen LogP contribution in [0.25, 0.3) is 5.69 Å². The summed E-state index contributed by atoms with van der Waals surface area (Å²) in [5.74, 6) is -0.427. The number of aromatic nitrogens is 4. The molecule has 1 aromatic carbocycles. The number of carbonyl (C=O) groups is 1. The Kier molecular flexibility index (Phi) is 3.81. The second-order valence-electron chi connectivity index (χ2n) is 5.92. The molecule has 3 aromatic rings. The Morgan fingerprint density at radius 1 is 1.44 bits per heavy atom. The van der Waals surface area contributed by atoms with Crippen molar-refractivity contribution in [1.82, 2.24) is 22.8 Å². The molecule has 0 aliphatic carbocycles. The molecule has 4 rings (SSSR count). The maximum atomic E-state index is 14.7. The molecule has 3 heterocycles. The fraction of sp³-hybridized carbons (Fsp3) is 0.250. The molecule has 1 saturated heterocycles. The molecule has 1 aliphatic rings. The molecular formula is C16H15FN5O2S+. The van der Waals surface area contributed by atoms with E-state index in [-0.39, 0.29) is 11.0 Å². The molecule has 0 spiro atoms. The summed E-state index contributed by atoms with van der Waals surface area (Å²) in [6.07, 6.45) is 4.52. The van der Waals surface area contributed by atoms with Crippen LogP contribution in [0, 0.1) is 12.7 Å². The average molecular weight is 360 g/mol. The SMILES string of the molecule is Cc1cn(-c2ccc([N+]3(Cc4cnsn4)CCOC3=O)cc2F)cn1. The number of imidazole rings is 1. The normalized spacial score (nSPS) is 20.0. The van der Waals surface area contributed by atoms with E-state index < -0.39 is 11.9 Å². The molecule has 0 saturated carbocycles. The third kappa shape index (κ3) is 2.71. The molecule has 1 unspecified atom stereocenters. The van der Waals surface area contributed by atoms with Crippen molar-refractivity contribution >= 4 is 23.5 Å². The van der Waals surface area contributed by atoms with Crippen LogP contribution in [0.2, 0.25) is 0 Å². The predicted molar refractivity (Wildman–Crippen MR) is 89.9 cm³/mol. The number of benzene rings is 1. The van der Waals surface area contributed by atoms with Crippen LogP contribution in [0.4, 0.5) is 14.9 Å². The first kappa shape index (κ1) is 15.9. The van der Waals surface area contributed by atoms with E-state index >= 15 is 0 Å². The van der Waals surface area contributed by atoms with Crippen LogP contribution in [0.1, 0.15) is 11.4 Å². The maximum absolute atomic E-state index is 14.7. The van der Waals surface area contributed by atoms with Gasteiger partial charge in [0.1, 0.15) is 31.1 Å². The molecule has 7 nitrogen and oxygen atoms in total. The van der Waals surface area contributed by atoms with Gasteiger partial charge in [0.05, 0.1) is 35.6 Å². The number of ether oxygens (including phenoxy) is 1. The lowest BCUT2D eigenvalue weighted by Crippen LogP contribution is -2.49. The lowest BCUT2D eigenvalue weighted by atomic mass is 10.2. The first-order chi connectivity index (χ1) is 12.1. The number of amides is 1. The van der Waals surface area contributed by atoms with E-state index in [0.29, 0.717) is 30.2 Å². The molecule has 9 heteroatoms. The molecule has 1 atom stereocenters. The van der Waals surface area contributed by atoms with Crippen LogP contribution in [0.5, 0.6) is 0 Å². The lowest BCUT2D eigenvalue weighted by molar-refractivity contribution is 0.157. The largest absolute Gasteiger partial charge is 0.521 e. The van der Waals surface area contributed by atoms with Crippen LogP contribution in [-0.2, 0) is 11.3 Å². The molecule has 2 aromatic heterocycles. The number of carbonyl (C=O) groups excluding carboxylic acids is 1. The van der Waals surface area contributed by atoms with Gasteiger partial charge in [-0.3, -0.25) is 0 Å². The summed E-state index contributed by atoms with van der Waals surface area (Å²) in [4.78, 5) is 16.6. The van der Waals surface area contributed by atoms with Gasteiger partial charge in [0, 0.05) is 18.3 Å². The first-order valence-electron chi connectivity index (χ1n) is 7.70. The van der Waals surface area contributed by atoms with Crippen molar-refractivity contribution in [3.05, 3.63) is 54.1 Å². The number of nitrogens with zero attached hydrogens (tertiary/aromatic N) is 5. The van der Waals surface area contributed by atoms with Crippen LogP contribution >= 0.6 is 11.7 Å². The minimum Gasteiger partial charge on any atom is -0.414 e. The highest BCUT2D eigenvalue weighted by molar-refractivity contribution is 6.99. The van der Waals surface area contributed by atoms with Crippen molar-refractivity contribution in [2.75, 3.05) is 13.2 Å². The molecule has 25 heavy (non-hydrogen) atoms. The van der Waals surface area contributed by atoms with Gasteiger partial charge in [-0.2, -0.15) is 18.0 Å². The maximum Gasteiger partial charge on any atom is 0.521 e. The van der Waals surface area contributed by atoms with Gasteiger partial charge in [-0.1, -0.05) is 0 Å². The molecule has 0 radical (unpaired) electrons. The Labute approximate surface area is 147 Å². The van der Waals surface area contributed by atoms with Crippen molar-refractivity contribution in [1.29, 1.82) is 0 Å². The number of quaternary nitrogens is 1. The van der Waals surface area contributed by atoms with E-state index in [9.17, 15) is 9.18 Å². The standard InChI is InChI=1S/C16H15FN5O2S/c1-11-8-21(10-18-11)15-3-2-13(6-14(15)17)22(4-5-24-16(22)23)9-12-7-19-25-20-12/h2-3,6-8,10H,4-5,9H2,1H3/q+1. The summed E-state index contributed by atoms with van der Waals surface area (Å²) < 4.78 is 29.6. The van der Waals surface area contributed by atoms with Gasteiger partial charge in [0.15, 0.2) is 5.82 Å². The second-order valence-corrected chi connectivity index (χ2v) is 6.48. The van der Waals surface area contributed by atoms with E-state index in [2.05, 4.69) is 13.7 Å². The second kappa shape index (κ2) is 6.01. The van der Waals surface area contributed by atoms with E-state index in [1.165, 1.54) is 6.07 Å². The van der Waals surface area contributed by atoms with Crippen molar-refractivity contribution in [3.8, 4) is 5.69 Å². The highest BCUT2D eigenvalue weighted by Crippen LogP contribution is 2.32. The van der Waals surface area contributed by atoms with E-state index in [1.54, 1.807) is 35.4 Å². The molecule has 0 bridgehead atoms. The van der Waals surface area contributed by atoms with Gasteiger partial charge in [-0.25, -0.2) is 9.37 Å². The topological polar surface area (TPSA) is 69.9 Å². The van der Waals surface area contributed by atoms with Crippen LogP contribution in [0.3, 0.4) is 0 Å². The van der Waals surface area contributed by atoms with Gasteiger partial charge < -0.3 is 9.30 Å². The Morgan fingerprint density at radius 2 is 2.32 bits per heavy atom. The minimum atomic E-state index is -0.427. The van der Waals surface area contributed by atoms with Crippen molar-refractivity contribution in [3.63, 3.8) is 0 Å². The third-order valence-corrected chi connectivity index (χ3v) is 4.82. The van der Waals surface area contributed by atoms with E-state index in [0.717, 1.165) is 17.4 Å². The molecule has 1 fully saturated rings. The van der Waals surface area contributed by atoms with Crippen LogP contribution < -0.4 is 4.48 Å². The van der Waals surface area contributed by atoms with Gasteiger partial charge in [0.2, 0.25) is 0 Å². The van der Waals surface area contributed by atoms with Gasteiger partial charge in [0.25, 0.3) is 0 Å². The predicted octanol–water partition coefficient (Wildman–Crippen LogP) is 2.83. The molecule has 0 N–H and O–H groups in total. The van der Waals surface area contributed by atoms with Crippen LogP contribution in [0.15, 0.2) is 36.9 Å². The molecule has 1 aliphatic heterocycles. The third-order valence-electron chi connectivity index (χ3n) is 4.30. The Balaban J connectivity index is 1.75. The monoisotopic (exact) mass is 360 g/mol. The van der Waals surface area contributed by atoms with Crippen LogP contribution in [-0.4, -0.2) is 37.5 Å². The Hall–Kier alpha value is -2.65. The smallest absolute Gasteiger partial charge is 0.414 e. The number of aryl methyl sites for hydroxylation is 1. The fourth-order valence-corrected chi connectivity index (χ4v) is 3.45. The summed E-state index contributed by atoms with van der Waals surface area (Å²) in [7, 11) is 0. The fourth-order valence-electron chi connectivity index (χ4n) is 3.03. The summed E-state index contributed by atoms with van der Waals surface area (Å²) in [5.41, 5.74) is 2.39. The highest BCUT2D eigenvalue weighted by atomic mass is 32.1. The zero-order valence-corrected chi connectivity index (χ0v) is 14.2. The number of hydrogen-bond donors (Lipinski definition) is 0. The average Bonchev–Trinajstić information content (AvgIpc) is 3.31. The van der Waals surface area contributed by atoms with Crippen molar-refractivity contribution in [2.24, 2.45) is 0 Å². The number of cyclic esters (lactones) is 1. The Bertz CT molecular complexity index is 927. The number of hydrogen-bond acceptors (Lipinski definition) is 6. The molecule has 128 valence electrons. The summed E-state index contributed by atoms with van der Waals surface area (Å²) in [6.45, 7) is 2.85. The van der Waals surface area contributed by atoms with Crippen molar-refractivity contribution < 1.29 is 13.9 Å². The number of rotatable bonds is 4. The van der Waals surface area contributed by atoms with Gasteiger partial charge in [-0.15, -0.1) is 0 Å². The van der Waals surface area contributed by atoms with Gasteiger partial charge >= 0.3 is 6.09 Å². The quantitative estimate of drug-likeness (QED) is 0.669. The molecular weight excluding hydrogens is 345 g/mol. The summed E-state index contributed by atoms with van der Waals surface area (Å²) in [5, 5.41) is 0. The lowest BCUT2D eigenvalue weighted by Gasteiger charge is -2.27. The zero-order chi connectivity index (χ0) is 17.4. The van der Waals surface area contributed by atoms with E-state index in [4.69, 9.17) is 4.74 Å². The minimum absolute atomic E-state index is 0.119. The summed E-state index contributed by atoms with van der Waals surface area (Å²) in [6, 6.07) is 4.79. The Morgan fingerprint density at radius 3 is 2.92 bits per heavy atom.